The van der Waals surface area contributed by atoms with Gasteiger partial charge in [0.15, 0.2) is 11.5 Å². The van der Waals surface area contributed by atoms with E-state index in [-0.39, 0.29) is 18.9 Å². The topological polar surface area (TPSA) is 59.6 Å². The molecule has 0 aliphatic heterocycles. The van der Waals surface area contributed by atoms with Gasteiger partial charge in [-0.3, -0.25) is 15.6 Å². The lowest BCUT2D eigenvalue weighted by Gasteiger charge is -2.13. The van der Waals surface area contributed by atoms with Crippen molar-refractivity contribution in [2.24, 2.45) is 0 Å². The third kappa shape index (κ3) is 5.09. The molecule has 2 rings (SSSR count). The second-order valence-corrected chi connectivity index (χ2v) is 5.92. The van der Waals surface area contributed by atoms with Crippen molar-refractivity contribution in [3.63, 3.8) is 0 Å². The number of anilines is 1. The Morgan fingerprint density at radius 2 is 1.71 bits per heavy atom. The first-order chi connectivity index (χ1) is 11.5. The van der Waals surface area contributed by atoms with Crippen LogP contribution >= 0.6 is 34.8 Å². The highest BCUT2D eigenvalue weighted by Crippen LogP contribution is 2.33. The van der Waals surface area contributed by atoms with Crippen molar-refractivity contribution in [2.75, 3.05) is 19.1 Å². The predicted molar refractivity (Wildman–Crippen MR) is 96.3 cm³/mol. The second kappa shape index (κ2) is 8.87. The number of nitrogens with one attached hydrogen (secondary N) is 2. The van der Waals surface area contributed by atoms with E-state index in [1.165, 1.54) is 12.1 Å². The summed E-state index contributed by atoms with van der Waals surface area (Å²) in [5, 5.41) is 1.02. The molecule has 2 aromatic rings. The van der Waals surface area contributed by atoms with Gasteiger partial charge in [0.05, 0.1) is 35.9 Å². The number of halogens is 3. The molecule has 2 aromatic carbocycles. The van der Waals surface area contributed by atoms with Crippen molar-refractivity contribution >= 4 is 46.4 Å². The molecule has 0 atom stereocenters. The van der Waals surface area contributed by atoms with Crippen molar-refractivity contribution in [1.29, 1.82) is 0 Å². The van der Waals surface area contributed by atoms with Gasteiger partial charge in [0.2, 0.25) is 5.91 Å². The molecule has 0 bridgehead atoms. The number of carbonyl (C=O) groups is 1. The molecule has 0 aliphatic rings. The van der Waals surface area contributed by atoms with Crippen LogP contribution in [0.25, 0.3) is 0 Å². The zero-order chi connectivity index (χ0) is 17.5. The summed E-state index contributed by atoms with van der Waals surface area (Å²) in [6, 6.07) is 10.2. The Balaban J connectivity index is 1.82. The Labute approximate surface area is 154 Å². The van der Waals surface area contributed by atoms with Crippen LogP contribution in [0.2, 0.25) is 15.1 Å². The van der Waals surface area contributed by atoms with E-state index in [0.29, 0.717) is 32.3 Å². The molecule has 0 aromatic heterocycles. The Morgan fingerprint density at radius 3 is 2.33 bits per heavy atom. The average molecular weight is 390 g/mol. The lowest BCUT2D eigenvalue weighted by Crippen LogP contribution is -2.30. The second-order valence-electron chi connectivity index (χ2n) is 4.67. The summed E-state index contributed by atoms with van der Waals surface area (Å²) in [5.41, 5.74) is 5.56. The molecule has 128 valence electrons. The fourth-order valence-corrected chi connectivity index (χ4v) is 2.76. The third-order valence-corrected chi connectivity index (χ3v) is 3.80. The van der Waals surface area contributed by atoms with Crippen LogP contribution in [0.4, 0.5) is 5.69 Å². The molecule has 0 spiro atoms. The standard InChI is InChI=1S/C16H15Cl3N2O3/c1-23-13-4-2-3-5-14(13)24-7-6-15(22)20-21-16-11(18)8-10(17)9-12(16)19/h2-5,8-9,21H,6-7H2,1H3,(H,20,22). The summed E-state index contributed by atoms with van der Waals surface area (Å²) in [4.78, 5) is 11.9. The van der Waals surface area contributed by atoms with Crippen LogP contribution in [-0.4, -0.2) is 19.6 Å². The number of carbonyl (C=O) groups excluding carboxylic acids is 1. The Hall–Kier alpha value is -1.82. The monoisotopic (exact) mass is 388 g/mol. The van der Waals surface area contributed by atoms with Crippen LogP contribution in [0.15, 0.2) is 36.4 Å². The minimum Gasteiger partial charge on any atom is -0.493 e. The molecule has 1 amide bonds. The van der Waals surface area contributed by atoms with Crippen LogP contribution in [0.3, 0.4) is 0 Å². The molecule has 0 saturated heterocycles. The van der Waals surface area contributed by atoms with Gasteiger partial charge in [-0.15, -0.1) is 0 Å². The van der Waals surface area contributed by atoms with Gasteiger partial charge >= 0.3 is 0 Å². The zero-order valence-corrected chi connectivity index (χ0v) is 15.0. The van der Waals surface area contributed by atoms with Crippen molar-refractivity contribution in [3.8, 4) is 11.5 Å². The zero-order valence-electron chi connectivity index (χ0n) is 12.7. The molecule has 24 heavy (non-hydrogen) atoms. The van der Waals surface area contributed by atoms with Crippen LogP contribution in [0.5, 0.6) is 11.5 Å². The highest BCUT2D eigenvalue weighted by molar-refractivity contribution is 6.41. The van der Waals surface area contributed by atoms with Crippen LogP contribution in [0, 0.1) is 0 Å². The molecule has 0 radical (unpaired) electrons. The minimum absolute atomic E-state index is 0.133. The molecule has 8 heteroatoms. The van der Waals surface area contributed by atoms with Crippen LogP contribution in [-0.2, 0) is 4.79 Å². The first kappa shape index (κ1) is 18.5. The van der Waals surface area contributed by atoms with Crippen molar-refractivity contribution in [3.05, 3.63) is 51.5 Å². The molecule has 0 fully saturated rings. The number of methoxy groups -OCH3 is 1. The lowest BCUT2D eigenvalue weighted by molar-refractivity contribution is -0.121. The van der Waals surface area contributed by atoms with E-state index in [9.17, 15) is 4.79 Å². The smallest absolute Gasteiger partial charge is 0.241 e. The van der Waals surface area contributed by atoms with Crippen LogP contribution < -0.4 is 20.3 Å². The van der Waals surface area contributed by atoms with Gasteiger partial charge in [-0.05, 0) is 24.3 Å². The number of hydrogen-bond donors (Lipinski definition) is 2. The van der Waals surface area contributed by atoms with Gasteiger partial charge in [0, 0.05) is 5.02 Å². The Bertz CT molecular complexity index is 702. The van der Waals surface area contributed by atoms with Gasteiger partial charge in [0.25, 0.3) is 0 Å². The summed E-state index contributed by atoms with van der Waals surface area (Å²) in [6.45, 7) is 0.190. The van der Waals surface area contributed by atoms with Gasteiger partial charge < -0.3 is 9.47 Å². The molecular formula is C16H15Cl3N2O3. The highest BCUT2D eigenvalue weighted by atomic mass is 35.5. The molecule has 2 N–H and O–H groups in total. The summed E-state index contributed by atoms with van der Waals surface area (Å²) >= 11 is 17.9. The van der Waals surface area contributed by atoms with E-state index in [0.717, 1.165) is 0 Å². The normalized spacial score (nSPS) is 10.2. The van der Waals surface area contributed by atoms with E-state index in [4.69, 9.17) is 44.3 Å². The van der Waals surface area contributed by atoms with Crippen LogP contribution in [0.1, 0.15) is 6.42 Å². The molecule has 0 unspecified atom stereocenters. The Morgan fingerprint density at radius 1 is 1.08 bits per heavy atom. The SMILES string of the molecule is COc1ccccc1OCCC(=O)NNc1c(Cl)cc(Cl)cc1Cl. The van der Waals surface area contributed by atoms with Gasteiger partial charge in [-0.1, -0.05) is 46.9 Å². The predicted octanol–water partition coefficient (Wildman–Crippen LogP) is 4.57. The molecule has 0 saturated carbocycles. The largest absolute Gasteiger partial charge is 0.493 e. The van der Waals surface area contributed by atoms with Gasteiger partial charge in [-0.25, -0.2) is 0 Å². The number of amides is 1. The Kier molecular flexibility index (Phi) is 6.85. The molecule has 5 nitrogen and oxygen atoms in total. The fourth-order valence-electron chi connectivity index (χ4n) is 1.85. The number of benzene rings is 2. The van der Waals surface area contributed by atoms with Crippen molar-refractivity contribution < 1.29 is 14.3 Å². The van der Waals surface area contributed by atoms with E-state index >= 15 is 0 Å². The average Bonchev–Trinajstić information content (AvgIpc) is 2.54. The van der Waals surface area contributed by atoms with E-state index in [1.807, 2.05) is 12.1 Å². The number of para-hydroxylation sites is 2. The van der Waals surface area contributed by atoms with Crippen molar-refractivity contribution in [1.82, 2.24) is 5.43 Å². The summed E-state index contributed by atoms with van der Waals surface area (Å²) in [6.07, 6.45) is 0.133. The number of hydrazine groups is 1. The van der Waals surface area contributed by atoms with Crippen molar-refractivity contribution in [2.45, 2.75) is 6.42 Å². The molecule has 0 aliphatic carbocycles. The summed E-state index contributed by atoms with van der Waals surface area (Å²) < 4.78 is 10.7. The van der Waals surface area contributed by atoms with Gasteiger partial charge in [-0.2, -0.15) is 0 Å². The number of ether oxygens (including phenoxy) is 2. The highest BCUT2D eigenvalue weighted by Gasteiger charge is 2.09. The number of rotatable bonds is 7. The van der Waals surface area contributed by atoms with Gasteiger partial charge in [0.1, 0.15) is 0 Å². The summed E-state index contributed by atoms with van der Waals surface area (Å²) in [5.74, 6) is 0.896. The first-order valence-electron chi connectivity index (χ1n) is 6.96. The lowest BCUT2D eigenvalue weighted by atomic mass is 10.3. The number of hydrogen-bond acceptors (Lipinski definition) is 4. The van der Waals surface area contributed by atoms with E-state index in [1.54, 1.807) is 19.2 Å². The fraction of sp³-hybridized carbons (Fsp3) is 0.188. The maximum Gasteiger partial charge on any atom is 0.241 e. The maximum atomic E-state index is 11.9. The van der Waals surface area contributed by atoms with E-state index < -0.39 is 0 Å². The quantitative estimate of drug-likeness (QED) is 0.681. The third-order valence-electron chi connectivity index (χ3n) is 2.99. The first-order valence-corrected chi connectivity index (χ1v) is 8.10. The molecule has 0 heterocycles. The maximum absolute atomic E-state index is 11.9. The molecular weight excluding hydrogens is 375 g/mol. The van der Waals surface area contributed by atoms with E-state index in [2.05, 4.69) is 10.9 Å². The summed E-state index contributed by atoms with van der Waals surface area (Å²) in [7, 11) is 1.55. The minimum atomic E-state index is -0.285.